The molecule has 12 heavy (non-hydrogen) atoms. The van der Waals surface area contributed by atoms with Crippen LogP contribution in [0.3, 0.4) is 0 Å². The normalized spacial score (nSPS) is 10.5. The summed E-state index contributed by atoms with van der Waals surface area (Å²) in [6.45, 7) is 0. The predicted octanol–water partition coefficient (Wildman–Crippen LogP) is 1.40. The van der Waals surface area contributed by atoms with E-state index in [-0.39, 0.29) is 0 Å². The van der Waals surface area contributed by atoms with Gasteiger partial charge in [0.05, 0.1) is 22.9 Å². The molecule has 0 bridgehead atoms. The molecule has 0 saturated heterocycles. The van der Waals surface area contributed by atoms with E-state index in [1.54, 1.807) is 15.5 Å². The number of fused-ring (bicyclic) bond motifs is 1. The summed E-state index contributed by atoms with van der Waals surface area (Å²) in [5, 5.41) is 3.81. The zero-order valence-corrected chi connectivity index (χ0v) is 8.39. The van der Waals surface area contributed by atoms with Gasteiger partial charge in [0.15, 0.2) is 5.52 Å². The van der Waals surface area contributed by atoms with Crippen LogP contribution in [0.5, 0.6) is 0 Å². The van der Waals surface area contributed by atoms with Crippen molar-refractivity contribution in [3.63, 3.8) is 0 Å². The van der Waals surface area contributed by atoms with Crippen molar-refractivity contribution in [1.29, 1.82) is 0 Å². The summed E-state index contributed by atoms with van der Waals surface area (Å²) in [5.74, 6) is 0.693. The maximum atomic E-state index is 4.94. The number of nitrogens with zero attached hydrogens (tertiary/aromatic N) is 4. The van der Waals surface area contributed by atoms with E-state index in [2.05, 4.69) is 38.0 Å². The Morgan fingerprint density at radius 2 is 2.17 bits per heavy atom. The highest BCUT2D eigenvalue weighted by atomic mass is 127. The number of hydrogen-bond acceptors (Lipinski definition) is 5. The molecule has 0 N–H and O–H groups in total. The minimum atomic E-state index is 0.469. The van der Waals surface area contributed by atoms with Crippen LogP contribution < -0.4 is 3.11 Å². The number of hydrogen-bond donors (Lipinski definition) is 0. The predicted molar refractivity (Wildman–Crippen MR) is 52.0 cm³/mol. The van der Waals surface area contributed by atoms with Crippen molar-refractivity contribution in [3.8, 4) is 0 Å². The third-order valence-electron chi connectivity index (χ3n) is 1.39. The van der Waals surface area contributed by atoms with Gasteiger partial charge in [-0.2, -0.15) is 0 Å². The summed E-state index contributed by atoms with van der Waals surface area (Å²) >= 11 is 2.10. The minimum Gasteiger partial charge on any atom is -0.332 e. The lowest BCUT2D eigenvalue weighted by molar-refractivity contribution is 0.451. The van der Waals surface area contributed by atoms with Gasteiger partial charge in [-0.15, -0.1) is 0 Å². The average molecular weight is 276 g/mol. The molecule has 2 heterocycles. The Balaban J connectivity index is 2.70. The smallest absolute Gasteiger partial charge is 0.278 e. The van der Waals surface area contributed by atoms with Gasteiger partial charge in [-0.1, -0.05) is 5.16 Å². The first-order chi connectivity index (χ1) is 5.79. The first-order valence-corrected chi connectivity index (χ1v) is 4.21. The van der Waals surface area contributed by atoms with E-state index in [0.717, 1.165) is 0 Å². The van der Waals surface area contributed by atoms with E-state index in [9.17, 15) is 0 Å². The fourth-order valence-corrected chi connectivity index (χ4v) is 1.19. The molecule has 0 aliphatic heterocycles. The maximum Gasteiger partial charge on any atom is 0.278 e. The SMILES string of the molecule is CN(I)c1noc2nccnc12. The molecule has 62 valence electrons. The molecule has 0 unspecified atom stereocenters. The summed E-state index contributed by atoms with van der Waals surface area (Å²) in [6.07, 6.45) is 3.19. The van der Waals surface area contributed by atoms with E-state index < -0.39 is 0 Å². The molecule has 0 radical (unpaired) electrons. The summed E-state index contributed by atoms with van der Waals surface area (Å²) < 4.78 is 6.74. The standard InChI is InChI=1S/C6H5IN4O/c1-11(7)5-4-6(12-10-5)9-3-2-8-4/h2-3H,1H3. The third kappa shape index (κ3) is 1.11. The Kier molecular flexibility index (Phi) is 1.83. The molecule has 0 fully saturated rings. The van der Waals surface area contributed by atoms with E-state index in [4.69, 9.17) is 4.52 Å². The highest BCUT2D eigenvalue weighted by Gasteiger charge is 2.11. The van der Waals surface area contributed by atoms with Gasteiger partial charge in [-0.25, -0.2) is 9.97 Å². The Labute approximate surface area is 82.3 Å². The Morgan fingerprint density at radius 1 is 1.42 bits per heavy atom. The van der Waals surface area contributed by atoms with Crippen molar-refractivity contribution in [1.82, 2.24) is 15.1 Å². The average Bonchev–Trinajstić information content (AvgIpc) is 2.47. The van der Waals surface area contributed by atoms with Crippen molar-refractivity contribution in [2.45, 2.75) is 0 Å². The number of anilines is 1. The molecule has 0 spiro atoms. The lowest BCUT2D eigenvalue weighted by Crippen LogP contribution is -2.00. The zero-order chi connectivity index (χ0) is 8.55. The summed E-state index contributed by atoms with van der Waals surface area (Å²) in [5.41, 5.74) is 1.16. The molecule has 5 nitrogen and oxygen atoms in total. The lowest BCUT2D eigenvalue weighted by Gasteiger charge is -2.01. The zero-order valence-electron chi connectivity index (χ0n) is 6.23. The van der Waals surface area contributed by atoms with Crippen LogP contribution in [0, 0.1) is 0 Å². The summed E-state index contributed by atoms with van der Waals surface area (Å²) in [6, 6.07) is 0. The van der Waals surface area contributed by atoms with E-state index in [0.29, 0.717) is 17.0 Å². The minimum absolute atomic E-state index is 0.469. The van der Waals surface area contributed by atoms with Gasteiger partial charge in [0.1, 0.15) is 0 Å². The van der Waals surface area contributed by atoms with Gasteiger partial charge in [0.2, 0.25) is 5.82 Å². The second-order valence-electron chi connectivity index (χ2n) is 2.19. The third-order valence-corrected chi connectivity index (χ3v) is 1.84. The molecule has 0 aliphatic carbocycles. The molecule has 2 rings (SSSR count). The van der Waals surface area contributed by atoms with Gasteiger partial charge in [0.25, 0.3) is 5.71 Å². The van der Waals surface area contributed by atoms with Crippen LogP contribution in [0.25, 0.3) is 11.2 Å². The van der Waals surface area contributed by atoms with Crippen LogP contribution in [-0.2, 0) is 0 Å². The highest BCUT2D eigenvalue weighted by molar-refractivity contribution is 14.1. The van der Waals surface area contributed by atoms with Crippen LogP contribution in [0.4, 0.5) is 5.82 Å². The Bertz CT molecular complexity index is 399. The fraction of sp³-hybridized carbons (Fsp3) is 0.167. The molecular weight excluding hydrogens is 271 g/mol. The van der Waals surface area contributed by atoms with Crippen molar-refractivity contribution in [3.05, 3.63) is 12.4 Å². The Hall–Kier alpha value is -0.920. The number of rotatable bonds is 1. The van der Waals surface area contributed by atoms with Crippen LogP contribution >= 0.6 is 22.9 Å². The van der Waals surface area contributed by atoms with Gasteiger partial charge in [-0.3, -0.25) is 3.11 Å². The molecule has 2 aromatic rings. The van der Waals surface area contributed by atoms with E-state index >= 15 is 0 Å². The van der Waals surface area contributed by atoms with Crippen molar-refractivity contribution in [2.75, 3.05) is 10.2 Å². The van der Waals surface area contributed by atoms with Gasteiger partial charge >= 0.3 is 0 Å². The fourth-order valence-electron chi connectivity index (χ4n) is 0.877. The second-order valence-corrected chi connectivity index (χ2v) is 3.64. The van der Waals surface area contributed by atoms with E-state index in [1.807, 2.05) is 7.05 Å². The molecule has 0 aliphatic rings. The number of halogens is 1. The Morgan fingerprint density at radius 3 is 2.92 bits per heavy atom. The first kappa shape index (κ1) is 7.71. The lowest BCUT2D eigenvalue weighted by atomic mass is 10.5. The molecule has 0 aromatic carbocycles. The van der Waals surface area contributed by atoms with Crippen LogP contribution in [-0.4, -0.2) is 22.2 Å². The second kappa shape index (κ2) is 2.85. The summed E-state index contributed by atoms with van der Waals surface area (Å²) in [4.78, 5) is 8.06. The molecular formula is C6H5IN4O. The first-order valence-electron chi connectivity index (χ1n) is 3.25. The van der Waals surface area contributed by atoms with Crippen LogP contribution in [0.2, 0.25) is 0 Å². The molecule has 0 saturated carbocycles. The highest BCUT2D eigenvalue weighted by Crippen LogP contribution is 2.22. The molecule has 2 aromatic heterocycles. The van der Waals surface area contributed by atoms with Gasteiger partial charge < -0.3 is 4.52 Å². The van der Waals surface area contributed by atoms with Crippen LogP contribution in [0.1, 0.15) is 0 Å². The topological polar surface area (TPSA) is 55.1 Å². The van der Waals surface area contributed by atoms with Crippen LogP contribution in [0.15, 0.2) is 16.9 Å². The largest absolute Gasteiger partial charge is 0.332 e. The van der Waals surface area contributed by atoms with Crippen molar-refractivity contribution < 1.29 is 4.52 Å². The molecule has 0 amide bonds. The number of aromatic nitrogens is 3. The molecule has 0 atom stereocenters. The van der Waals surface area contributed by atoms with Crippen molar-refractivity contribution >= 4 is 39.9 Å². The molecule has 6 heteroatoms. The maximum absolute atomic E-state index is 4.94. The van der Waals surface area contributed by atoms with E-state index in [1.165, 1.54) is 0 Å². The summed E-state index contributed by atoms with van der Waals surface area (Å²) in [7, 11) is 1.87. The van der Waals surface area contributed by atoms with Gasteiger partial charge in [-0.05, 0) is 0 Å². The van der Waals surface area contributed by atoms with Crippen molar-refractivity contribution in [2.24, 2.45) is 0 Å². The monoisotopic (exact) mass is 276 g/mol. The quantitative estimate of drug-likeness (QED) is 0.582. The van der Waals surface area contributed by atoms with Gasteiger partial charge in [0, 0.05) is 19.4 Å².